The number of aliphatic hydroxyl groups is 1. The molecule has 0 saturated heterocycles. The number of rotatable bonds is 8. The Morgan fingerprint density at radius 2 is 1.83 bits per heavy atom. The lowest BCUT2D eigenvalue weighted by atomic mass is 9.96. The van der Waals surface area contributed by atoms with Crippen molar-refractivity contribution in [1.29, 1.82) is 0 Å². The van der Waals surface area contributed by atoms with Crippen LogP contribution in [-0.4, -0.2) is 31.4 Å². The highest BCUT2D eigenvalue weighted by Crippen LogP contribution is 2.33. The number of hydrogen-bond donors (Lipinski definition) is 1. The summed E-state index contributed by atoms with van der Waals surface area (Å²) in [6.07, 6.45) is 0.578. The number of carbonyl (C=O) groups is 1. The second-order valence-electron chi connectivity index (χ2n) is 5.44. The summed E-state index contributed by atoms with van der Waals surface area (Å²) in [5.41, 5.74) is 5.50. The second-order valence-corrected chi connectivity index (χ2v) is 5.44. The van der Waals surface area contributed by atoms with Gasteiger partial charge in [-0.25, -0.2) is 0 Å². The largest absolute Gasteiger partial charge is 0.489 e. The minimum absolute atomic E-state index is 0.0938. The number of ether oxygens (including phenoxy) is 2. The molecule has 23 heavy (non-hydrogen) atoms. The molecule has 2 aromatic rings. The summed E-state index contributed by atoms with van der Waals surface area (Å²) in [6, 6.07) is 12.2. The van der Waals surface area contributed by atoms with E-state index in [9.17, 15) is 4.79 Å². The first-order chi connectivity index (χ1) is 11.2. The molecule has 0 aromatic heterocycles. The maximum absolute atomic E-state index is 10.2. The molecule has 4 nitrogen and oxygen atoms in total. The smallest absolute Gasteiger partial charge is 0.293 e. The number of aryl methyl sites for hydroxylation is 2. The summed E-state index contributed by atoms with van der Waals surface area (Å²) >= 11 is 0. The van der Waals surface area contributed by atoms with E-state index in [1.54, 1.807) is 0 Å². The van der Waals surface area contributed by atoms with Gasteiger partial charge >= 0.3 is 0 Å². The van der Waals surface area contributed by atoms with E-state index in [4.69, 9.17) is 9.84 Å². The van der Waals surface area contributed by atoms with Gasteiger partial charge in [-0.3, -0.25) is 4.79 Å². The van der Waals surface area contributed by atoms with Gasteiger partial charge in [0.15, 0.2) is 0 Å². The van der Waals surface area contributed by atoms with Crippen molar-refractivity contribution in [3.05, 3.63) is 53.1 Å². The van der Waals surface area contributed by atoms with Gasteiger partial charge in [-0.2, -0.15) is 0 Å². The van der Waals surface area contributed by atoms with Gasteiger partial charge < -0.3 is 14.6 Å². The van der Waals surface area contributed by atoms with Gasteiger partial charge in [-0.05, 0) is 43.0 Å². The number of hydrogen-bond acceptors (Lipinski definition) is 4. The van der Waals surface area contributed by atoms with Gasteiger partial charge in [-0.15, -0.1) is 0 Å². The van der Waals surface area contributed by atoms with Crippen molar-refractivity contribution in [3.63, 3.8) is 0 Å². The van der Waals surface area contributed by atoms with Gasteiger partial charge in [0.05, 0.1) is 0 Å². The lowest BCUT2D eigenvalue weighted by Crippen LogP contribution is -2.07. The van der Waals surface area contributed by atoms with E-state index in [1.807, 2.05) is 18.2 Å². The van der Waals surface area contributed by atoms with E-state index < -0.39 is 0 Å². The topological polar surface area (TPSA) is 55.8 Å². The average molecular weight is 314 g/mol. The predicted molar refractivity (Wildman–Crippen MR) is 89.7 cm³/mol. The standard InChI is InChI=1S/C19H22O4/c1-14-3-5-17(15(2)11-14)18-6-4-16(7-8-20)12-19(18)23-10-9-22-13-21/h3-6,11-13,20H,7-10H2,1-2H3. The lowest BCUT2D eigenvalue weighted by molar-refractivity contribution is -0.129. The van der Waals surface area contributed by atoms with E-state index in [0.717, 1.165) is 22.4 Å². The van der Waals surface area contributed by atoms with Crippen LogP contribution < -0.4 is 4.74 Å². The minimum atomic E-state index is 0.0938. The Bertz CT molecular complexity index is 664. The van der Waals surface area contributed by atoms with Crippen LogP contribution in [0.1, 0.15) is 16.7 Å². The third-order valence-electron chi connectivity index (χ3n) is 3.65. The Labute approximate surface area is 136 Å². The van der Waals surface area contributed by atoms with Crippen LogP contribution in [0.5, 0.6) is 5.75 Å². The molecule has 2 rings (SSSR count). The highest BCUT2D eigenvalue weighted by atomic mass is 16.5. The molecule has 2 aromatic carbocycles. The quantitative estimate of drug-likeness (QED) is 0.601. The molecular formula is C19H22O4. The van der Waals surface area contributed by atoms with Gasteiger partial charge in [-0.1, -0.05) is 35.9 Å². The van der Waals surface area contributed by atoms with Gasteiger partial charge in [0.1, 0.15) is 19.0 Å². The summed E-state index contributed by atoms with van der Waals surface area (Å²) in [7, 11) is 0. The zero-order valence-corrected chi connectivity index (χ0v) is 13.5. The molecule has 122 valence electrons. The summed E-state index contributed by atoms with van der Waals surface area (Å²) in [4.78, 5) is 10.2. The Kier molecular flexibility index (Phi) is 6.18. The second kappa shape index (κ2) is 8.34. The van der Waals surface area contributed by atoms with E-state index in [1.165, 1.54) is 11.1 Å². The molecule has 0 atom stereocenters. The van der Waals surface area contributed by atoms with Crippen LogP contribution >= 0.6 is 0 Å². The maximum Gasteiger partial charge on any atom is 0.293 e. The Morgan fingerprint density at radius 1 is 1.04 bits per heavy atom. The molecule has 0 spiro atoms. The predicted octanol–water partition coefficient (Wildman–Crippen LogP) is 3.06. The van der Waals surface area contributed by atoms with Gasteiger partial charge in [0, 0.05) is 12.2 Å². The van der Waals surface area contributed by atoms with Crippen molar-refractivity contribution in [2.45, 2.75) is 20.3 Å². The van der Waals surface area contributed by atoms with Crippen molar-refractivity contribution >= 4 is 6.47 Å². The zero-order valence-electron chi connectivity index (χ0n) is 13.5. The zero-order chi connectivity index (χ0) is 16.7. The molecule has 1 N–H and O–H groups in total. The molecule has 0 saturated carbocycles. The van der Waals surface area contributed by atoms with Gasteiger partial charge in [0.2, 0.25) is 0 Å². The molecule has 0 aliphatic rings. The third-order valence-corrected chi connectivity index (χ3v) is 3.65. The lowest BCUT2D eigenvalue weighted by Gasteiger charge is -2.15. The molecule has 0 radical (unpaired) electrons. The Morgan fingerprint density at radius 3 is 2.52 bits per heavy atom. The van der Waals surface area contributed by atoms with Crippen LogP contribution in [0.25, 0.3) is 11.1 Å². The first-order valence-corrected chi connectivity index (χ1v) is 7.65. The molecule has 0 amide bonds. The number of benzene rings is 2. The summed E-state index contributed by atoms with van der Waals surface area (Å²) in [6.45, 7) is 5.14. The van der Waals surface area contributed by atoms with Crippen LogP contribution in [0.4, 0.5) is 0 Å². The van der Waals surface area contributed by atoms with Crippen molar-refractivity contribution in [2.75, 3.05) is 19.8 Å². The fourth-order valence-corrected chi connectivity index (χ4v) is 2.56. The first-order valence-electron chi connectivity index (χ1n) is 7.65. The van der Waals surface area contributed by atoms with E-state index in [0.29, 0.717) is 19.5 Å². The fourth-order valence-electron chi connectivity index (χ4n) is 2.56. The Hall–Kier alpha value is -2.33. The summed E-state index contributed by atoms with van der Waals surface area (Å²) in [5.74, 6) is 0.734. The van der Waals surface area contributed by atoms with Crippen LogP contribution in [0.3, 0.4) is 0 Å². The third kappa shape index (κ3) is 4.57. The van der Waals surface area contributed by atoms with E-state index in [2.05, 4.69) is 36.8 Å². The van der Waals surface area contributed by atoms with E-state index in [-0.39, 0.29) is 13.2 Å². The Balaban J connectivity index is 2.34. The highest BCUT2D eigenvalue weighted by Gasteiger charge is 2.10. The van der Waals surface area contributed by atoms with Gasteiger partial charge in [0.25, 0.3) is 6.47 Å². The molecule has 4 heteroatoms. The van der Waals surface area contributed by atoms with Crippen molar-refractivity contribution in [1.82, 2.24) is 0 Å². The maximum atomic E-state index is 10.2. The van der Waals surface area contributed by atoms with Crippen molar-refractivity contribution in [3.8, 4) is 16.9 Å². The average Bonchev–Trinajstić information content (AvgIpc) is 2.53. The number of aliphatic hydroxyl groups excluding tert-OH is 1. The minimum Gasteiger partial charge on any atom is -0.489 e. The van der Waals surface area contributed by atoms with Crippen LogP contribution in [-0.2, 0) is 16.0 Å². The fraction of sp³-hybridized carbons (Fsp3) is 0.316. The summed E-state index contributed by atoms with van der Waals surface area (Å²) < 4.78 is 10.5. The SMILES string of the molecule is Cc1ccc(-c2ccc(CCO)cc2OCCOC=O)c(C)c1. The van der Waals surface area contributed by atoms with Crippen LogP contribution in [0, 0.1) is 13.8 Å². The molecule has 0 bridgehead atoms. The monoisotopic (exact) mass is 314 g/mol. The summed E-state index contributed by atoms with van der Waals surface area (Å²) in [5, 5.41) is 9.12. The molecular weight excluding hydrogens is 292 g/mol. The first kappa shape index (κ1) is 17.0. The molecule has 0 unspecified atom stereocenters. The molecule has 0 fully saturated rings. The van der Waals surface area contributed by atoms with Crippen molar-refractivity contribution in [2.24, 2.45) is 0 Å². The molecule has 0 aliphatic heterocycles. The van der Waals surface area contributed by atoms with Crippen LogP contribution in [0.15, 0.2) is 36.4 Å². The van der Waals surface area contributed by atoms with Crippen LogP contribution in [0.2, 0.25) is 0 Å². The molecule has 0 aliphatic carbocycles. The normalized spacial score (nSPS) is 10.4. The van der Waals surface area contributed by atoms with E-state index >= 15 is 0 Å². The highest BCUT2D eigenvalue weighted by molar-refractivity contribution is 5.74. The van der Waals surface area contributed by atoms with Crippen molar-refractivity contribution < 1.29 is 19.4 Å². The number of carbonyl (C=O) groups excluding carboxylic acids is 1. The molecule has 0 heterocycles.